The molecule has 0 saturated carbocycles. The Kier molecular flexibility index (Phi) is 2.95. The predicted molar refractivity (Wildman–Crippen MR) is 70.4 cm³/mol. The van der Waals surface area contributed by atoms with Gasteiger partial charge in [0.15, 0.2) is 5.78 Å². The second-order valence-electron chi connectivity index (χ2n) is 4.51. The summed E-state index contributed by atoms with van der Waals surface area (Å²) in [6.45, 7) is 0. The molecule has 0 unspecified atom stereocenters. The third-order valence-corrected chi connectivity index (χ3v) is 3.22. The fourth-order valence-electron chi connectivity index (χ4n) is 2.23. The van der Waals surface area contributed by atoms with Crippen LogP contribution >= 0.6 is 0 Å². The minimum Gasteiger partial charge on any atom is -0.477 e. The van der Waals surface area contributed by atoms with E-state index in [1.54, 1.807) is 12.1 Å². The van der Waals surface area contributed by atoms with Crippen LogP contribution in [0.1, 0.15) is 32.7 Å². The number of ketones is 1. The van der Waals surface area contributed by atoms with Crippen LogP contribution in [0.4, 0.5) is 0 Å². The highest BCUT2D eigenvalue weighted by Gasteiger charge is 2.20. The first-order chi connectivity index (χ1) is 9.65. The Morgan fingerprint density at radius 3 is 2.90 bits per heavy atom. The van der Waals surface area contributed by atoms with E-state index in [0.29, 0.717) is 17.7 Å². The van der Waals surface area contributed by atoms with Crippen LogP contribution in [0.2, 0.25) is 0 Å². The molecular weight excluding hydrogens is 258 g/mol. The number of carboxylic acids is 1. The molecule has 1 heterocycles. The number of Topliss-reactive ketones (excluding diaryl/α,β-unsaturated/α-hetero) is 1. The highest BCUT2D eigenvalue weighted by molar-refractivity contribution is 6.00. The SMILES string of the molecule is O=C1CCc2ccc(Oc3ncccc3C(=O)O)cc21. The minimum atomic E-state index is -1.11. The number of nitrogens with zero attached hydrogens (tertiary/aromatic N) is 1. The van der Waals surface area contributed by atoms with Crippen LogP contribution in [0.15, 0.2) is 36.5 Å². The number of hydrogen-bond acceptors (Lipinski definition) is 4. The van der Waals surface area contributed by atoms with Crippen molar-refractivity contribution >= 4 is 11.8 Å². The van der Waals surface area contributed by atoms with Crippen molar-refractivity contribution in [3.8, 4) is 11.6 Å². The van der Waals surface area contributed by atoms with E-state index in [4.69, 9.17) is 9.84 Å². The highest BCUT2D eigenvalue weighted by atomic mass is 16.5. The quantitative estimate of drug-likeness (QED) is 0.927. The van der Waals surface area contributed by atoms with Gasteiger partial charge in [-0.25, -0.2) is 9.78 Å². The molecule has 1 aromatic carbocycles. The molecule has 0 saturated heterocycles. The Morgan fingerprint density at radius 1 is 1.25 bits per heavy atom. The number of ether oxygens (including phenoxy) is 1. The number of pyridine rings is 1. The van der Waals surface area contributed by atoms with Crippen molar-refractivity contribution in [3.05, 3.63) is 53.2 Å². The van der Waals surface area contributed by atoms with Crippen LogP contribution < -0.4 is 4.74 Å². The molecule has 5 nitrogen and oxygen atoms in total. The average Bonchev–Trinajstić information content (AvgIpc) is 2.81. The minimum absolute atomic E-state index is 0.0145. The Balaban J connectivity index is 1.95. The smallest absolute Gasteiger partial charge is 0.341 e. The fraction of sp³-hybridized carbons (Fsp3) is 0.133. The van der Waals surface area contributed by atoms with Gasteiger partial charge in [-0.3, -0.25) is 4.79 Å². The Hall–Kier alpha value is -2.69. The van der Waals surface area contributed by atoms with Gasteiger partial charge in [0, 0.05) is 18.2 Å². The summed E-state index contributed by atoms with van der Waals surface area (Å²) in [6.07, 6.45) is 2.72. The van der Waals surface area contributed by atoms with Crippen molar-refractivity contribution in [1.82, 2.24) is 4.98 Å². The summed E-state index contributed by atoms with van der Waals surface area (Å²) < 4.78 is 5.50. The molecule has 1 aliphatic carbocycles. The molecule has 0 atom stereocenters. The number of hydrogen-bond donors (Lipinski definition) is 1. The summed E-state index contributed by atoms with van der Waals surface area (Å²) in [4.78, 5) is 26.7. The summed E-state index contributed by atoms with van der Waals surface area (Å²) in [5, 5.41) is 9.07. The highest BCUT2D eigenvalue weighted by Crippen LogP contribution is 2.29. The van der Waals surface area contributed by atoms with Crippen LogP contribution in [0, 0.1) is 0 Å². The number of aryl methyl sites for hydroxylation is 1. The molecule has 0 radical (unpaired) electrons. The molecule has 2 aromatic rings. The molecule has 0 bridgehead atoms. The largest absolute Gasteiger partial charge is 0.477 e. The normalized spacial score (nSPS) is 13.1. The van der Waals surface area contributed by atoms with Crippen molar-refractivity contribution in [2.24, 2.45) is 0 Å². The van der Waals surface area contributed by atoms with Crippen LogP contribution in [0.25, 0.3) is 0 Å². The van der Waals surface area contributed by atoms with Gasteiger partial charge in [-0.2, -0.15) is 0 Å². The van der Waals surface area contributed by atoms with Gasteiger partial charge in [-0.05, 0) is 36.2 Å². The van der Waals surface area contributed by atoms with Gasteiger partial charge >= 0.3 is 5.97 Å². The lowest BCUT2D eigenvalue weighted by atomic mass is 10.1. The number of carbonyl (C=O) groups excluding carboxylic acids is 1. The zero-order valence-corrected chi connectivity index (χ0v) is 10.5. The van der Waals surface area contributed by atoms with Gasteiger partial charge < -0.3 is 9.84 Å². The summed E-state index contributed by atoms with van der Waals surface area (Å²) in [6, 6.07) is 8.15. The predicted octanol–water partition coefficient (Wildman–Crippen LogP) is 2.70. The van der Waals surface area contributed by atoms with Crippen molar-refractivity contribution in [1.29, 1.82) is 0 Å². The summed E-state index contributed by atoms with van der Waals surface area (Å²) in [5.74, 6) is -0.583. The van der Waals surface area contributed by atoms with Gasteiger partial charge in [0.05, 0.1) is 0 Å². The van der Waals surface area contributed by atoms with Gasteiger partial charge in [-0.1, -0.05) is 6.07 Å². The third kappa shape index (κ3) is 2.14. The molecular formula is C15H11NO4. The number of aromatic carboxylic acids is 1. The van der Waals surface area contributed by atoms with E-state index in [0.717, 1.165) is 12.0 Å². The lowest BCUT2D eigenvalue weighted by molar-refractivity contribution is 0.0693. The molecule has 1 N–H and O–H groups in total. The van der Waals surface area contributed by atoms with E-state index in [-0.39, 0.29) is 17.2 Å². The second kappa shape index (κ2) is 4.77. The fourth-order valence-corrected chi connectivity index (χ4v) is 2.23. The average molecular weight is 269 g/mol. The monoisotopic (exact) mass is 269 g/mol. The molecule has 1 aromatic heterocycles. The van der Waals surface area contributed by atoms with E-state index >= 15 is 0 Å². The zero-order valence-electron chi connectivity index (χ0n) is 10.5. The molecule has 0 aliphatic heterocycles. The van der Waals surface area contributed by atoms with Crippen LogP contribution in [0.5, 0.6) is 11.6 Å². The Morgan fingerprint density at radius 2 is 2.10 bits per heavy atom. The summed E-state index contributed by atoms with van der Waals surface area (Å²) in [7, 11) is 0. The molecule has 0 fully saturated rings. The van der Waals surface area contributed by atoms with Crippen molar-refractivity contribution in [2.75, 3.05) is 0 Å². The van der Waals surface area contributed by atoms with E-state index in [9.17, 15) is 9.59 Å². The second-order valence-corrected chi connectivity index (χ2v) is 4.51. The van der Waals surface area contributed by atoms with E-state index in [1.165, 1.54) is 18.3 Å². The first kappa shape index (κ1) is 12.3. The third-order valence-electron chi connectivity index (χ3n) is 3.22. The van der Waals surface area contributed by atoms with E-state index < -0.39 is 5.97 Å². The van der Waals surface area contributed by atoms with Crippen LogP contribution in [0.3, 0.4) is 0 Å². The lowest BCUT2D eigenvalue weighted by Crippen LogP contribution is -2.02. The van der Waals surface area contributed by atoms with Crippen LogP contribution in [-0.2, 0) is 6.42 Å². The first-order valence-electron chi connectivity index (χ1n) is 6.17. The topological polar surface area (TPSA) is 76.5 Å². The number of rotatable bonds is 3. The van der Waals surface area contributed by atoms with E-state index in [2.05, 4.69) is 4.98 Å². The first-order valence-corrected chi connectivity index (χ1v) is 6.17. The molecule has 100 valence electrons. The van der Waals surface area contributed by atoms with Crippen molar-refractivity contribution in [3.63, 3.8) is 0 Å². The maximum atomic E-state index is 11.7. The number of fused-ring (bicyclic) bond motifs is 1. The molecule has 20 heavy (non-hydrogen) atoms. The van der Waals surface area contributed by atoms with Gasteiger partial charge in [0.25, 0.3) is 0 Å². The lowest BCUT2D eigenvalue weighted by Gasteiger charge is -2.08. The molecule has 3 rings (SSSR count). The van der Waals surface area contributed by atoms with Crippen molar-refractivity contribution < 1.29 is 19.4 Å². The molecule has 1 aliphatic rings. The van der Waals surface area contributed by atoms with E-state index in [1.807, 2.05) is 6.07 Å². The van der Waals surface area contributed by atoms with Crippen molar-refractivity contribution in [2.45, 2.75) is 12.8 Å². The van der Waals surface area contributed by atoms with Crippen LogP contribution in [-0.4, -0.2) is 21.8 Å². The molecule has 0 amide bonds. The summed E-state index contributed by atoms with van der Waals surface area (Å²) in [5.41, 5.74) is 1.64. The Bertz CT molecular complexity index is 709. The van der Waals surface area contributed by atoms with Gasteiger partial charge in [0.2, 0.25) is 5.88 Å². The standard InChI is InChI=1S/C15H11NO4/c17-13-6-4-9-3-5-10(8-12(9)13)20-14-11(15(18)19)2-1-7-16-14/h1-3,5,7-8H,4,6H2,(H,18,19). The zero-order chi connectivity index (χ0) is 14.1. The maximum absolute atomic E-state index is 11.7. The van der Waals surface area contributed by atoms with Gasteiger partial charge in [-0.15, -0.1) is 0 Å². The number of carboxylic acid groups (broad SMARTS) is 1. The summed E-state index contributed by atoms with van der Waals surface area (Å²) >= 11 is 0. The number of benzene rings is 1. The Labute approximate surface area is 114 Å². The number of aromatic nitrogens is 1. The molecule has 0 spiro atoms. The maximum Gasteiger partial charge on any atom is 0.341 e. The molecule has 5 heteroatoms. The number of carbonyl (C=O) groups is 2. The van der Waals surface area contributed by atoms with Gasteiger partial charge in [0.1, 0.15) is 11.3 Å².